The van der Waals surface area contributed by atoms with Crippen molar-refractivity contribution in [2.75, 3.05) is 0 Å². The fraction of sp³-hybridized carbons (Fsp3) is 0.364. The first kappa shape index (κ1) is 11.5. The number of carboxylic acids is 1. The van der Waals surface area contributed by atoms with E-state index in [4.69, 9.17) is 15.6 Å². The topological polar surface area (TPSA) is 72.5 Å². The molecule has 4 nitrogen and oxygen atoms in total. The molecular weight excluding hydrogens is 194 g/mol. The van der Waals surface area contributed by atoms with E-state index in [1.807, 2.05) is 13.8 Å². The lowest BCUT2D eigenvalue weighted by molar-refractivity contribution is -0.138. The number of hydrogen-bond acceptors (Lipinski definition) is 3. The number of nitrogens with two attached hydrogens (primary N) is 1. The van der Waals surface area contributed by atoms with Crippen LogP contribution in [0.2, 0.25) is 0 Å². The summed E-state index contributed by atoms with van der Waals surface area (Å²) in [6, 6.07) is 5.83. The van der Waals surface area contributed by atoms with Gasteiger partial charge in [0, 0.05) is 0 Å². The second-order valence-corrected chi connectivity index (χ2v) is 3.56. The maximum Gasteiger partial charge on any atom is 0.325 e. The highest BCUT2D eigenvalue weighted by atomic mass is 16.5. The molecule has 4 heteroatoms. The van der Waals surface area contributed by atoms with Crippen molar-refractivity contribution in [2.24, 2.45) is 5.73 Å². The minimum atomic E-state index is -1.04. The lowest BCUT2D eigenvalue weighted by Gasteiger charge is -2.12. The van der Waals surface area contributed by atoms with Crippen LogP contribution < -0.4 is 10.5 Å². The number of hydrogen-bond donors (Lipinski definition) is 2. The highest BCUT2D eigenvalue weighted by Gasteiger charge is 2.14. The normalized spacial score (nSPS) is 12.5. The lowest BCUT2D eigenvalue weighted by atomic mass is 10.1. The van der Waals surface area contributed by atoms with E-state index >= 15 is 0 Å². The Kier molecular flexibility index (Phi) is 3.68. The highest BCUT2D eigenvalue weighted by molar-refractivity contribution is 5.75. The van der Waals surface area contributed by atoms with Crippen molar-refractivity contribution < 1.29 is 14.6 Å². The molecule has 0 saturated heterocycles. The second kappa shape index (κ2) is 4.79. The summed E-state index contributed by atoms with van der Waals surface area (Å²) in [5.74, 6) is -0.407. The third-order valence-corrected chi connectivity index (χ3v) is 1.86. The zero-order chi connectivity index (χ0) is 11.4. The number of rotatable bonds is 4. The van der Waals surface area contributed by atoms with Gasteiger partial charge in [0.1, 0.15) is 11.8 Å². The van der Waals surface area contributed by atoms with Crippen molar-refractivity contribution in [3.8, 4) is 5.75 Å². The standard InChI is InChI=1S/C11H15NO3/c1-7(2)15-9-5-3-4-8(6-9)10(12)11(13)14/h3-7,10H,12H2,1-2H3,(H,13,14)/t10-/m1/s1. The predicted octanol–water partition coefficient (Wildman–Crippen LogP) is 1.56. The average molecular weight is 209 g/mol. The van der Waals surface area contributed by atoms with Gasteiger partial charge in [-0.25, -0.2) is 0 Å². The molecule has 0 saturated carbocycles. The Balaban J connectivity index is 2.87. The zero-order valence-corrected chi connectivity index (χ0v) is 8.81. The molecule has 0 heterocycles. The van der Waals surface area contributed by atoms with Gasteiger partial charge >= 0.3 is 5.97 Å². The zero-order valence-electron chi connectivity index (χ0n) is 8.81. The molecule has 0 amide bonds. The molecule has 0 aliphatic rings. The van der Waals surface area contributed by atoms with E-state index in [1.165, 1.54) is 0 Å². The lowest BCUT2D eigenvalue weighted by Crippen LogP contribution is -2.20. The molecule has 0 fully saturated rings. The largest absolute Gasteiger partial charge is 0.491 e. The molecule has 3 N–H and O–H groups in total. The first-order valence-electron chi connectivity index (χ1n) is 4.75. The molecule has 0 unspecified atom stereocenters. The Morgan fingerprint density at radius 3 is 2.67 bits per heavy atom. The van der Waals surface area contributed by atoms with Crippen molar-refractivity contribution in [1.82, 2.24) is 0 Å². The van der Waals surface area contributed by atoms with Crippen LogP contribution in [0, 0.1) is 0 Å². The van der Waals surface area contributed by atoms with Gasteiger partial charge in [0.25, 0.3) is 0 Å². The Hall–Kier alpha value is -1.55. The summed E-state index contributed by atoms with van der Waals surface area (Å²) in [4.78, 5) is 10.7. The number of carbonyl (C=O) groups is 1. The molecule has 1 aromatic carbocycles. The molecule has 0 bridgehead atoms. The Labute approximate surface area is 88.7 Å². The number of ether oxygens (including phenoxy) is 1. The predicted molar refractivity (Wildman–Crippen MR) is 56.8 cm³/mol. The third-order valence-electron chi connectivity index (χ3n) is 1.86. The summed E-state index contributed by atoms with van der Waals surface area (Å²) < 4.78 is 5.44. The highest BCUT2D eigenvalue weighted by Crippen LogP contribution is 2.19. The fourth-order valence-corrected chi connectivity index (χ4v) is 1.20. The summed E-state index contributed by atoms with van der Waals surface area (Å²) in [5.41, 5.74) is 6.02. The fourth-order valence-electron chi connectivity index (χ4n) is 1.20. The van der Waals surface area contributed by atoms with E-state index in [0.29, 0.717) is 11.3 Å². The first-order valence-corrected chi connectivity index (χ1v) is 4.75. The van der Waals surface area contributed by atoms with E-state index in [9.17, 15) is 4.79 Å². The van der Waals surface area contributed by atoms with Gasteiger partial charge in [-0.3, -0.25) is 4.79 Å². The second-order valence-electron chi connectivity index (χ2n) is 3.56. The van der Waals surface area contributed by atoms with E-state index < -0.39 is 12.0 Å². The molecular formula is C11H15NO3. The molecule has 0 aliphatic carbocycles. The van der Waals surface area contributed by atoms with Gasteiger partial charge < -0.3 is 15.6 Å². The van der Waals surface area contributed by atoms with Gasteiger partial charge in [0.2, 0.25) is 0 Å². The maximum absolute atomic E-state index is 10.7. The van der Waals surface area contributed by atoms with Crippen LogP contribution in [0.1, 0.15) is 25.5 Å². The van der Waals surface area contributed by atoms with Gasteiger partial charge in [-0.15, -0.1) is 0 Å². The monoisotopic (exact) mass is 209 g/mol. The van der Waals surface area contributed by atoms with Crippen LogP contribution in [0.25, 0.3) is 0 Å². The Morgan fingerprint density at radius 1 is 1.47 bits per heavy atom. The smallest absolute Gasteiger partial charge is 0.325 e. The van der Waals surface area contributed by atoms with Crippen LogP contribution in [0.15, 0.2) is 24.3 Å². The van der Waals surface area contributed by atoms with Crippen LogP contribution in [0.5, 0.6) is 5.75 Å². The molecule has 82 valence electrons. The van der Waals surface area contributed by atoms with E-state index in [2.05, 4.69) is 0 Å². The maximum atomic E-state index is 10.7. The summed E-state index contributed by atoms with van der Waals surface area (Å²) in [6.07, 6.45) is 0.0568. The van der Waals surface area contributed by atoms with Crippen LogP contribution in [-0.4, -0.2) is 17.2 Å². The minimum absolute atomic E-state index is 0.0568. The quantitative estimate of drug-likeness (QED) is 0.789. The van der Waals surface area contributed by atoms with E-state index in [0.717, 1.165) is 0 Å². The molecule has 0 aliphatic heterocycles. The van der Waals surface area contributed by atoms with Crippen molar-refractivity contribution in [2.45, 2.75) is 26.0 Å². The van der Waals surface area contributed by atoms with Crippen molar-refractivity contribution in [3.63, 3.8) is 0 Å². The molecule has 15 heavy (non-hydrogen) atoms. The summed E-state index contributed by atoms with van der Waals surface area (Å²) >= 11 is 0. The summed E-state index contributed by atoms with van der Waals surface area (Å²) in [7, 11) is 0. The molecule has 0 spiro atoms. The SMILES string of the molecule is CC(C)Oc1cccc([C@@H](N)C(=O)O)c1. The first-order chi connectivity index (χ1) is 7.00. The van der Waals surface area contributed by atoms with Crippen LogP contribution >= 0.6 is 0 Å². The molecule has 1 aromatic rings. The Bertz CT molecular complexity index is 349. The number of carboxylic acid groups (broad SMARTS) is 1. The van der Waals surface area contributed by atoms with Crippen LogP contribution in [0.3, 0.4) is 0 Å². The Morgan fingerprint density at radius 2 is 2.13 bits per heavy atom. The van der Waals surface area contributed by atoms with Crippen molar-refractivity contribution in [3.05, 3.63) is 29.8 Å². The van der Waals surface area contributed by atoms with Gasteiger partial charge in [0.15, 0.2) is 0 Å². The third kappa shape index (κ3) is 3.25. The van der Waals surface area contributed by atoms with Gasteiger partial charge in [0.05, 0.1) is 6.10 Å². The summed E-state index contributed by atoms with van der Waals surface area (Å²) in [6.45, 7) is 3.81. The van der Waals surface area contributed by atoms with Gasteiger partial charge in [-0.05, 0) is 31.5 Å². The minimum Gasteiger partial charge on any atom is -0.491 e. The molecule has 0 aromatic heterocycles. The average Bonchev–Trinajstić information content (AvgIpc) is 2.16. The van der Waals surface area contributed by atoms with E-state index in [-0.39, 0.29) is 6.10 Å². The number of benzene rings is 1. The van der Waals surface area contributed by atoms with Crippen LogP contribution in [0.4, 0.5) is 0 Å². The van der Waals surface area contributed by atoms with E-state index in [1.54, 1.807) is 24.3 Å². The summed E-state index contributed by atoms with van der Waals surface area (Å²) in [5, 5.41) is 8.74. The van der Waals surface area contributed by atoms with Crippen molar-refractivity contribution >= 4 is 5.97 Å². The number of aliphatic carboxylic acids is 1. The molecule has 0 radical (unpaired) electrons. The molecule has 1 rings (SSSR count). The van der Waals surface area contributed by atoms with Crippen molar-refractivity contribution in [1.29, 1.82) is 0 Å². The van der Waals surface area contributed by atoms with Gasteiger partial charge in [-0.2, -0.15) is 0 Å². The molecule has 1 atom stereocenters. The van der Waals surface area contributed by atoms with Gasteiger partial charge in [-0.1, -0.05) is 12.1 Å². The van der Waals surface area contributed by atoms with Crippen LogP contribution in [-0.2, 0) is 4.79 Å².